The van der Waals surface area contributed by atoms with Crippen LogP contribution in [0.4, 0.5) is 5.13 Å². The lowest BCUT2D eigenvalue weighted by atomic mass is 10.1. The van der Waals surface area contributed by atoms with E-state index in [1.807, 2.05) is 24.3 Å². The van der Waals surface area contributed by atoms with Crippen molar-refractivity contribution in [3.05, 3.63) is 64.6 Å². The summed E-state index contributed by atoms with van der Waals surface area (Å²) < 4.78 is 6.18. The molecule has 0 spiro atoms. The van der Waals surface area contributed by atoms with Crippen molar-refractivity contribution in [1.29, 1.82) is 0 Å². The van der Waals surface area contributed by atoms with Crippen molar-refractivity contribution in [3.8, 4) is 5.75 Å². The second-order valence-electron chi connectivity index (χ2n) is 5.38. The van der Waals surface area contributed by atoms with Crippen molar-refractivity contribution in [3.63, 3.8) is 0 Å². The van der Waals surface area contributed by atoms with Gasteiger partial charge in [0, 0.05) is 5.39 Å². The Balaban J connectivity index is 1.69. The topological polar surface area (TPSA) is 84.1 Å². The van der Waals surface area contributed by atoms with Crippen molar-refractivity contribution >= 4 is 43.4 Å². The summed E-state index contributed by atoms with van der Waals surface area (Å²) in [7, 11) is 1.58. The van der Waals surface area contributed by atoms with E-state index in [2.05, 4.69) is 15.3 Å². The number of nitrogens with one attached hydrogen (secondary N) is 2. The van der Waals surface area contributed by atoms with Crippen molar-refractivity contribution in [2.75, 3.05) is 12.4 Å². The molecule has 1 amide bonds. The molecule has 0 atom stereocenters. The number of carbonyl (C=O) groups excluding carboxylic acids is 1. The minimum absolute atomic E-state index is 0.190. The highest BCUT2D eigenvalue weighted by atomic mass is 32.1. The fourth-order valence-corrected chi connectivity index (χ4v) is 3.52. The summed E-state index contributed by atoms with van der Waals surface area (Å²) in [5.41, 5.74) is 0.585. The summed E-state index contributed by atoms with van der Waals surface area (Å²) >= 11 is 1.34. The molecule has 124 valence electrons. The highest BCUT2D eigenvalue weighted by molar-refractivity contribution is 7.22. The van der Waals surface area contributed by atoms with Crippen LogP contribution in [0.2, 0.25) is 0 Å². The van der Waals surface area contributed by atoms with Gasteiger partial charge in [0.1, 0.15) is 17.0 Å². The predicted molar refractivity (Wildman–Crippen MR) is 98.7 cm³/mol. The highest BCUT2D eigenvalue weighted by Gasteiger charge is 2.14. The van der Waals surface area contributed by atoms with Gasteiger partial charge in [-0.05, 0) is 29.7 Å². The molecule has 2 aromatic carbocycles. The maximum Gasteiger partial charge on any atom is 0.273 e. The van der Waals surface area contributed by atoms with Crippen LogP contribution in [0.15, 0.2) is 53.3 Å². The van der Waals surface area contributed by atoms with Crippen LogP contribution in [-0.4, -0.2) is 23.0 Å². The number of amides is 1. The van der Waals surface area contributed by atoms with Gasteiger partial charge in [-0.2, -0.15) is 0 Å². The van der Waals surface area contributed by atoms with Gasteiger partial charge in [-0.3, -0.25) is 14.9 Å². The Morgan fingerprint density at radius 3 is 2.88 bits per heavy atom. The largest absolute Gasteiger partial charge is 0.494 e. The summed E-state index contributed by atoms with van der Waals surface area (Å²) in [4.78, 5) is 31.6. The fourth-order valence-electron chi connectivity index (χ4n) is 2.64. The Morgan fingerprint density at radius 1 is 1.20 bits per heavy atom. The number of fused-ring (bicyclic) bond motifs is 2. The molecule has 4 rings (SSSR count). The van der Waals surface area contributed by atoms with Gasteiger partial charge in [-0.25, -0.2) is 4.98 Å². The molecule has 0 bridgehead atoms. The molecule has 6 nitrogen and oxygen atoms in total. The van der Waals surface area contributed by atoms with E-state index in [4.69, 9.17) is 4.74 Å². The Bertz CT molecular complexity index is 1160. The zero-order valence-corrected chi connectivity index (χ0v) is 14.0. The quantitative estimate of drug-likeness (QED) is 0.592. The van der Waals surface area contributed by atoms with Crippen LogP contribution in [0.5, 0.6) is 5.75 Å². The maximum atomic E-state index is 12.5. The lowest BCUT2D eigenvalue weighted by Gasteiger charge is -2.03. The minimum atomic E-state index is -0.416. The third kappa shape index (κ3) is 2.74. The number of hydrogen-bond acceptors (Lipinski definition) is 5. The van der Waals surface area contributed by atoms with Crippen LogP contribution < -0.4 is 15.6 Å². The van der Waals surface area contributed by atoms with Gasteiger partial charge < -0.3 is 9.72 Å². The monoisotopic (exact) mass is 351 g/mol. The number of H-pyrrole nitrogens is 1. The van der Waals surface area contributed by atoms with Gasteiger partial charge in [0.2, 0.25) is 0 Å². The Labute approximate surface area is 146 Å². The predicted octanol–water partition coefficient (Wildman–Crippen LogP) is 3.40. The number of rotatable bonds is 3. The van der Waals surface area contributed by atoms with Crippen LogP contribution in [0.1, 0.15) is 10.5 Å². The summed E-state index contributed by atoms with van der Waals surface area (Å²) in [6, 6.07) is 14.4. The molecule has 2 aromatic heterocycles. The third-order valence-electron chi connectivity index (χ3n) is 3.82. The molecule has 0 aliphatic carbocycles. The average molecular weight is 351 g/mol. The van der Waals surface area contributed by atoms with Gasteiger partial charge in [-0.15, -0.1) is 0 Å². The molecular formula is C18H13N3O3S. The zero-order valence-electron chi connectivity index (χ0n) is 13.2. The smallest absolute Gasteiger partial charge is 0.273 e. The number of nitrogens with zero attached hydrogens (tertiary/aromatic N) is 1. The average Bonchev–Trinajstić information content (AvgIpc) is 3.04. The molecule has 0 saturated heterocycles. The zero-order chi connectivity index (χ0) is 17.4. The number of anilines is 1. The normalized spacial score (nSPS) is 10.9. The Morgan fingerprint density at radius 2 is 2.04 bits per heavy atom. The minimum Gasteiger partial charge on any atom is -0.494 e. The van der Waals surface area contributed by atoms with Crippen LogP contribution in [0.25, 0.3) is 21.0 Å². The molecule has 25 heavy (non-hydrogen) atoms. The first-order chi connectivity index (χ1) is 12.2. The van der Waals surface area contributed by atoms with E-state index in [1.165, 1.54) is 11.3 Å². The summed E-state index contributed by atoms with van der Waals surface area (Å²) in [6.45, 7) is 0. The Hall–Kier alpha value is -3.19. The molecule has 0 unspecified atom stereocenters. The van der Waals surface area contributed by atoms with Gasteiger partial charge in [0.05, 0.1) is 11.8 Å². The summed E-state index contributed by atoms with van der Waals surface area (Å²) in [6.07, 6.45) is 0. The molecule has 2 N–H and O–H groups in total. The van der Waals surface area contributed by atoms with Crippen LogP contribution in [0, 0.1) is 0 Å². The molecule has 4 aromatic rings. The maximum absolute atomic E-state index is 12.5. The van der Waals surface area contributed by atoms with Gasteiger partial charge in [-0.1, -0.05) is 35.6 Å². The van der Waals surface area contributed by atoms with Crippen LogP contribution >= 0.6 is 11.3 Å². The number of para-hydroxylation sites is 1. The van der Waals surface area contributed by atoms with E-state index in [0.29, 0.717) is 27.2 Å². The number of ether oxygens (including phenoxy) is 1. The van der Waals surface area contributed by atoms with E-state index in [1.54, 1.807) is 31.4 Å². The van der Waals surface area contributed by atoms with Gasteiger partial charge in [0.15, 0.2) is 5.13 Å². The molecule has 0 fully saturated rings. The molecule has 7 heteroatoms. The number of benzene rings is 2. The van der Waals surface area contributed by atoms with E-state index >= 15 is 0 Å². The lowest BCUT2D eigenvalue weighted by Crippen LogP contribution is -2.18. The molecule has 0 saturated carbocycles. The SMILES string of the molecule is COc1cccc2sc(NC(=O)c3cc4ccccc4c(=O)[nH]3)nc12. The number of thiazole rings is 1. The first-order valence-electron chi connectivity index (χ1n) is 7.52. The number of carbonyl (C=O) groups is 1. The van der Waals surface area contributed by atoms with Crippen molar-refractivity contribution < 1.29 is 9.53 Å². The third-order valence-corrected chi connectivity index (χ3v) is 4.76. The second-order valence-corrected chi connectivity index (χ2v) is 6.41. The number of aromatic amines is 1. The molecule has 0 aliphatic heterocycles. The van der Waals surface area contributed by atoms with Crippen molar-refractivity contribution in [2.45, 2.75) is 0 Å². The van der Waals surface area contributed by atoms with E-state index < -0.39 is 5.91 Å². The van der Waals surface area contributed by atoms with E-state index in [-0.39, 0.29) is 11.3 Å². The summed E-state index contributed by atoms with van der Waals surface area (Å²) in [5, 5.41) is 4.43. The molecule has 2 heterocycles. The van der Waals surface area contributed by atoms with Crippen LogP contribution in [-0.2, 0) is 0 Å². The standard InChI is InChI=1S/C18H13N3O3S/c1-24-13-7-4-8-14-15(13)20-18(25-14)21-17(23)12-9-10-5-2-3-6-11(10)16(22)19-12/h2-9H,1H3,(H,19,22)(H,20,21,23). The molecule has 0 radical (unpaired) electrons. The Kier molecular flexibility index (Phi) is 3.70. The van der Waals surface area contributed by atoms with Crippen molar-refractivity contribution in [1.82, 2.24) is 9.97 Å². The molecular weight excluding hydrogens is 338 g/mol. The van der Waals surface area contributed by atoms with E-state index in [9.17, 15) is 9.59 Å². The van der Waals surface area contributed by atoms with Gasteiger partial charge in [0.25, 0.3) is 11.5 Å². The first kappa shape index (κ1) is 15.3. The van der Waals surface area contributed by atoms with Gasteiger partial charge >= 0.3 is 0 Å². The number of aromatic nitrogens is 2. The highest BCUT2D eigenvalue weighted by Crippen LogP contribution is 2.32. The molecule has 0 aliphatic rings. The summed E-state index contributed by atoms with van der Waals surface area (Å²) in [5.74, 6) is 0.231. The lowest BCUT2D eigenvalue weighted by molar-refractivity contribution is 0.102. The second kappa shape index (κ2) is 6.03. The first-order valence-corrected chi connectivity index (χ1v) is 8.34. The number of pyridine rings is 1. The fraction of sp³-hybridized carbons (Fsp3) is 0.0556. The van der Waals surface area contributed by atoms with Crippen LogP contribution in [0.3, 0.4) is 0 Å². The number of hydrogen-bond donors (Lipinski definition) is 2. The van der Waals surface area contributed by atoms with E-state index in [0.717, 1.165) is 4.70 Å². The number of methoxy groups -OCH3 is 1. The van der Waals surface area contributed by atoms with Crippen molar-refractivity contribution in [2.24, 2.45) is 0 Å².